The number of amides is 1. The van der Waals surface area contributed by atoms with Crippen LogP contribution in [0.3, 0.4) is 0 Å². The van der Waals surface area contributed by atoms with Crippen LogP contribution in [-0.2, 0) is 14.3 Å². The molecule has 0 heterocycles. The van der Waals surface area contributed by atoms with E-state index in [4.69, 9.17) is 10.8 Å². The Morgan fingerprint density at radius 2 is 1.88 bits per heavy atom. The van der Waals surface area contributed by atoms with E-state index in [9.17, 15) is 9.59 Å². The molecular weight excluding hydrogens is 212 g/mol. The first-order chi connectivity index (χ1) is 7.58. The standard InChI is InChI=1S/C10H18N2O4/c11-7-1-3-8(4-2-7)12-9(13)5-16-6-10(14)15/h7-8H,1-6,11H2,(H,12,13)(H,14,15). The molecular formula is C10H18N2O4. The second kappa shape index (κ2) is 6.44. The maximum atomic E-state index is 11.3. The molecule has 1 aliphatic rings. The van der Waals surface area contributed by atoms with Crippen molar-refractivity contribution in [3.63, 3.8) is 0 Å². The summed E-state index contributed by atoms with van der Waals surface area (Å²) in [6, 6.07) is 0.400. The summed E-state index contributed by atoms with van der Waals surface area (Å²) in [6.45, 7) is -0.641. The van der Waals surface area contributed by atoms with Crippen LogP contribution in [-0.4, -0.2) is 42.3 Å². The molecule has 6 heteroatoms. The van der Waals surface area contributed by atoms with Gasteiger partial charge in [0, 0.05) is 12.1 Å². The smallest absolute Gasteiger partial charge is 0.329 e. The van der Waals surface area contributed by atoms with Crippen LogP contribution >= 0.6 is 0 Å². The second-order valence-electron chi connectivity index (χ2n) is 4.07. The summed E-state index contributed by atoms with van der Waals surface area (Å²) < 4.78 is 4.68. The maximum Gasteiger partial charge on any atom is 0.329 e. The Labute approximate surface area is 94.1 Å². The van der Waals surface area contributed by atoms with Crippen molar-refractivity contribution in [3.05, 3.63) is 0 Å². The lowest BCUT2D eigenvalue weighted by atomic mass is 9.92. The molecule has 4 N–H and O–H groups in total. The topological polar surface area (TPSA) is 102 Å². The highest BCUT2D eigenvalue weighted by Crippen LogP contribution is 2.16. The normalized spacial score (nSPS) is 25.1. The van der Waals surface area contributed by atoms with E-state index in [0.717, 1.165) is 25.7 Å². The van der Waals surface area contributed by atoms with E-state index in [-0.39, 0.29) is 24.6 Å². The fraction of sp³-hybridized carbons (Fsp3) is 0.800. The molecule has 0 saturated heterocycles. The van der Waals surface area contributed by atoms with Crippen LogP contribution in [0, 0.1) is 0 Å². The van der Waals surface area contributed by atoms with Crippen molar-refractivity contribution in [2.75, 3.05) is 13.2 Å². The van der Waals surface area contributed by atoms with Crippen molar-refractivity contribution in [2.45, 2.75) is 37.8 Å². The van der Waals surface area contributed by atoms with Crippen LogP contribution in [0.4, 0.5) is 0 Å². The average molecular weight is 230 g/mol. The summed E-state index contributed by atoms with van der Waals surface area (Å²) in [7, 11) is 0. The minimum atomic E-state index is -1.07. The fourth-order valence-electron chi connectivity index (χ4n) is 1.76. The zero-order chi connectivity index (χ0) is 12.0. The molecule has 0 atom stereocenters. The van der Waals surface area contributed by atoms with Gasteiger partial charge in [0.1, 0.15) is 13.2 Å². The Kier molecular flexibility index (Phi) is 5.21. The molecule has 1 aliphatic carbocycles. The number of hydrogen-bond acceptors (Lipinski definition) is 4. The third kappa shape index (κ3) is 5.09. The first-order valence-corrected chi connectivity index (χ1v) is 5.42. The van der Waals surface area contributed by atoms with Gasteiger partial charge in [-0.25, -0.2) is 4.79 Å². The van der Waals surface area contributed by atoms with E-state index in [1.807, 2.05) is 0 Å². The van der Waals surface area contributed by atoms with Gasteiger partial charge >= 0.3 is 5.97 Å². The average Bonchev–Trinajstić information content (AvgIpc) is 2.21. The lowest BCUT2D eigenvalue weighted by Crippen LogP contribution is -2.42. The van der Waals surface area contributed by atoms with Crippen molar-refractivity contribution in [1.82, 2.24) is 5.32 Å². The predicted molar refractivity (Wildman–Crippen MR) is 56.8 cm³/mol. The van der Waals surface area contributed by atoms with Gasteiger partial charge < -0.3 is 20.9 Å². The van der Waals surface area contributed by atoms with Crippen molar-refractivity contribution in [2.24, 2.45) is 5.73 Å². The first kappa shape index (κ1) is 12.9. The summed E-state index contributed by atoms with van der Waals surface area (Å²) >= 11 is 0. The maximum absolute atomic E-state index is 11.3. The quantitative estimate of drug-likeness (QED) is 0.589. The number of aliphatic carboxylic acids is 1. The van der Waals surface area contributed by atoms with Crippen LogP contribution < -0.4 is 11.1 Å². The lowest BCUT2D eigenvalue weighted by molar-refractivity contribution is -0.143. The van der Waals surface area contributed by atoms with E-state index in [1.54, 1.807) is 0 Å². The zero-order valence-electron chi connectivity index (χ0n) is 9.15. The molecule has 0 unspecified atom stereocenters. The molecule has 0 radical (unpaired) electrons. The van der Waals surface area contributed by atoms with Crippen molar-refractivity contribution in [1.29, 1.82) is 0 Å². The van der Waals surface area contributed by atoms with E-state index < -0.39 is 12.6 Å². The largest absolute Gasteiger partial charge is 0.480 e. The molecule has 1 fully saturated rings. The lowest BCUT2D eigenvalue weighted by Gasteiger charge is -2.26. The van der Waals surface area contributed by atoms with Crippen LogP contribution in [0.25, 0.3) is 0 Å². The van der Waals surface area contributed by atoms with Gasteiger partial charge in [0.05, 0.1) is 0 Å². The minimum Gasteiger partial charge on any atom is -0.480 e. The molecule has 0 aromatic rings. The number of rotatable bonds is 5. The Balaban J connectivity index is 2.11. The van der Waals surface area contributed by atoms with Crippen LogP contribution in [0.1, 0.15) is 25.7 Å². The zero-order valence-corrected chi connectivity index (χ0v) is 9.15. The summed E-state index contributed by atoms with van der Waals surface area (Å²) in [5.41, 5.74) is 5.74. The Morgan fingerprint density at radius 1 is 1.25 bits per heavy atom. The molecule has 6 nitrogen and oxygen atoms in total. The van der Waals surface area contributed by atoms with E-state index in [0.29, 0.717) is 0 Å². The molecule has 0 aromatic carbocycles. The third-order valence-corrected chi connectivity index (χ3v) is 2.60. The van der Waals surface area contributed by atoms with Gasteiger partial charge in [-0.1, -0.05) is 0 Å². The van der Waals surface area contributed by atoms with E-state index in [1.165, 1.54) is 0 Å². The molecule has 0 spiro atoms. The second-order valence-corrected chi connectivity index (χ2v) is 4.07. The number of carbonyl (C=O) groups is 2. The SMILES string of the molecule is NC1CCC(NC(=O)COCC(=O)O)CC1. The first-order valence-electron chi connectivity index (χ1n) is 5.42. The van der Waals surface area contributed by atoms with E-state index in [2.05, 4.69) is 10.1 Å². The molecule has 0 aromatic heterocycles. The number of nitrogens with one attached hydrogen (secondary N) is 1. The minimum absolute atomic E-state index is 0.153. The van der Waals surface area contributed by atoms with Gasteiger partial charge in [-0.3, -0.25) is 4.79 Å². The van der Waals surface area contributed by atoms with Crippen LogP contribution in [0.15, 0.2) is 0 Å². The third-order valence-electron chi connectivity index (χ3n) is 2.60. The highest BCUT2D eigenvalue weighted by molar-refractivity contribution is 5.78. The molecule has 1 rings (SSSR count). The summed E-state index contributed by atoms with van der Waals surface area (Å²) in [5.74, 6) is -1.34. The highest BCUT2D eigenvalue weighted by atomic mass is 16.5. The summed E-state index contributed by atoms with van der Waals surface area (Å²) in [4.78, 5) is 21.5. The molecule has 92 valence electrons. The number of carbonyl (C=O) groups excluding carboxylic acids is 1. The number of ether oxygens (including phenoxy) is 1. The van der Waals surface area contributed by atoms with Crippen LogP contribution in [0.5, 0.6) is 0 Å². The van der Waals surface area contributed by atoms with Crippen molar-refractivity contribution in [3.8, 4) is 0 Å². The monoisotopic (exact) mass is 230 g/mol. The van der Waals surface area contributed by atoms with Gasteiger partial charge in [-0.15, -0.1) is 0 Å². The molecule has 0 aliphatic heterocycles. The summed E-state index contributed by atoms with van der Waals surface area (Å²) in [6.07, 6.45) is 3.60. The molecule has 1 amide bonds. The number of carboxylic acids is 1. The van der Waals surface area contributed by atoms with Crippen molar-refractivity contribution < 1.29 is 19.4 Å². The van der Waals surface area contributed by atoms with Gasteiger partial charge in [0.2, 0.25) is 5.91 Å². The Bertz CT molecular complexity index is 249. The number of hydrogen-bond donors (Lipinski definition) is 3. The Hall–Kier alpha value is -1.14. The van der Waals surface area contributed by atoms with E-state index >= 15 is 0 Å². The highest BCUT2D eigenvalue weighted by Gasteiger charge is 2.19. The Morgan fingerprint density at radius 3 is 2.44 bits per heavy atom. The van der Waals surface area contributed by atoms with Gasteiger partial charge in [-0.05, 0) is 25.7 Å². The predicted octanol–water partition coefficient (Wildman–Crippen LogP) is -0.526. The van der Waals surface area contributed by atoms with Gasteiger partial charge in [-0.2, -0.15) is 0 Å². The van der Waals surface area contributed by atoms with Gasteiger partial charge in [0.15, 0.2) is 0 Å². The number of carboxylic acid groups (broad SMARTS) is 1. The summed E-state index contributed by atoms with van der Waals surface area (Å²) in [5, 5.41) is 11.1. The number of nitrogens with two attached hydrogens (primary N) is 1. The molecule has 1 saturated carbocycles. The molecule has 16 heavy (non-hydrogen) atoms. The van der Waals surface area contributed by atoms with Crippen molar-refractivity contribution >= 4 is 11.9 Å². The van der Waals surface area contributed by atoms with Crippen LogP contribution in [0.2, 0.25) is 0 Å². The molecule has 0 bridgehead atoms. The van der Waals surface area contributed by atoms with Gasteiger partial charge in [0.25, 0.3) is 0 Å². The fourth-order valence-corrected chi connectivity index (χ4v) is 1.76.